The van der Waals surface area contributed by atoms with E-state index in [1.54, 1.807) is 24.3 Å². The zero-order chi connectivity index (χ0) is 20.0. The van der Waals surface area contributed by atoms with E-state index < -0.39 is 16.1 Å². The molecule has 146 valence electrons. The highest BCUT2D eigenvalue weighted by Crippen LogP contribution is 2.21. The van der Waals surface area contributed by atoms with Gasteiger partial charge in [0.1, 0.15) is 5.75 Å². The SMILES string of the molecule is CC[C@@H](Oc1ccc(N(C)S(C)(=O)=O)cc1)C(=O)NCc1ccc(C)cc1. The van der Waals surface area contributed by atoms with E-state index in [0.717, 1.165) is 11.8 Å². The van der Waals surface area contributed by atoms with Crippen molar-refractivity contribution in [3.05, 3.63) is 59.7 Å². The number of nitrogens with zero attached hydrogens (tertiary/aromatic N) is 1. The Hall–Kier alpha value is -2.54. The van der Waals surface area contributed by atoms with Crippen molar-refractivity contribution >= 4 is 21.6 Å². The monoisotopic (exact) mass is 390 g/mol. The minimum absolute atomic E-state index is 0.185. The predicted molar refractivity (Wildman–Crippen MR) is 107 cm³/mol. The fourth-order valence-electron chi connectivity index (χ4n) is 2.42. The number of anilines is 1. The molecule has 2 aromatic rings. The zero-order valence-corrected chi connectivity index (χ0v) is 16.9. The first-order valence-corrected chi connectivity index (χ1v) is 10.6. The Bertz CT molecular complexity index is 862. The van der Waals surface area contributed by atoms with Crippen LogP contribution in [0.3, 0.4) is 0 Å². The number of benzene rings is 2. The predicted octanol–water partition coefficient (Wildman–Crippen LogP) is 2.86. The van der Waals surface area contributed by atoms with Gasteiger partial charge in [-0.05, 0) is 43.2 Å². The van der Waals surface area contributed by atoms with Gasteiger partial charge in [0.05, 0.1) is 11.9 Å². The van der Waals surface area contributed by atoms with Gasteiger partial charge >= 0.3 is 0 Å². The van der Waals surface area contributed by atoms with E-state index in [9.17, 15) is 13.2 Å². The smallest absolute Gasteiger partial charge is 0.261 e. The Morgan fingerprint density at radius 2 is 1.70 bits per heavy atom. The Morgan fingerprint density at radius 3 is 2.22 bits per heavy atom. The van der Waals surface area contributed by atoms with Crippen LogP contribution in [0.25, 0.3) is 0 Å². The third kappa shape index (κ3) is 5.99. The van der Waals surface area contributed by atoms with Crippen molar-refractivity contribution in [1.82, 2.24) is 5.32 Å². The minimum atomic E-state index is -3.32. The van der Waals surface area contributed by atoms with Gasteiger partial charge in [-0.2, -0.15) is 0 Å². The number of amides is 1. The quantitative estimate of drug-likeness (QED) is 0.752. The highest BCUT2D eigenvalue weighted by molar-refractivity contribution is 7.92. The van der Waals surface area contributed by atoms with Gasteiger partial charge in [0, 0.05) is 13.6 Å². The fourth-order valence-corrected chi connectivity index (χ4v) is 2.93. The number of nitrogens with one attached hydrogen (secondary N) is 1. The number of carbonyl (C=O) groups excluding carboxylic acids is 1. The summed E-state index contributed by atoms with van der Waals surface area (Å²) in [5.41, 5.74) is 2.73. The van der Waals surface area contributed by atoms with E-state index in [1.807, 2.05) is 38.1 Å². The van der Waals surface area contributed by atoms with Gasteiger partial charge in [-0.15, -0.1) is 0 Å². The molecule has 2 rings (SSSR count). The van der Waals surface area contributed by atoms with Crippen LogP contribution in [0.4, 0.5) is 5.69 Å². The standard InChI is InChI=1S/C20H26N2O4S/c1-5-19(20(23)21-14-16-8-6-15(2)7-9-16)26-18-12-10-17(11-13-18)22(3)27(4,24)25/h6-13,19H,5,14H2,1-4H3,(H,21,23)/t19-/m1/s1. The van der Waals surface area contributed by atoms with Gasteiger partial charge in [0.15, 0.2) is 6.10 Å². The van der Waals surface area contributed by atoms with E-state index in [-0.39, 0.29) is 5.91 Å². The minimum Gasteiger partial charge on any atom is -0.481 e. The maximum Gasteiger partial charge on any atom is 0.261 e. The molecule has 2 aromatic carbocycles. The van der Waals surface area contributed by atoms with Crippen LogP contribution in [0, 0.1) is 6.92 Å². The summed E-state index contributed by atoms with van der Waals surface area (Å²) in [5.74, 6) is 0.327. The van der Waals surface area contributed by atoms with Gasteiger partial charge in [0.25, 0.3) is 5.91 Å². The summed E-state index contributed by atoms with van der Waals surface area (Å²) in [7, 11) is -1.83. The average molecular weight is 391 g/mol. The van der Waals surface area contributed by atoms with Crippen molar-refractivity contribution in [2.45, 2.75) is 32.9 Å². The van der Waals surface area contributed by atoms with Crippen LogP contribution >= 0.6 is 0 Å². The maximum absolute atomic E-state index is 12.4. The fraction of sp³-hybridized carbons (Fsp3) is 0.350. The molecule has 0 bridgehead atoms. The summed E-state index contributed by atoms with van der Waals surface area (Å²) in [6.45, 7) is 4.33. The lowest BCUT2D eigenvalue weighted by Gasteiger charge is -2.19. The van der Waals surface area contributed by atoms with E-state index >= 15 is 0 Å². The molecule has 0 unspecified atom stereocenters. The van der Waals surface area contributed by atoms with Crippen LogP contribution in [0.1, 0.15) is 24.5 Å². The summed E-state index contributed by atoms with van der Waals surface area (Å²) >= 11 is 0. The van der Waals surface area contributed by atoms with E-state index in [0.29, 0.717) is 24.4 Å². The molecule has 1 amide bonds. The largest absolute Gasteiger partial charge is 0.481 e. The number of hydrogen-bond acceptors (Lipinski definition) is 4. The van der Waals surface area contributed by atoms with Crippen molar-refractivity contribution in [1.29, 1.82) is 0 Å². The molecule has 0 radical (unpaired) electrons. The molecule has 0 fully saturated rings. The van der Waals surface area contributed by atoms with Crippen molar-refractivity contribution in [2.75, 3.05) is 17.6 Å². The average Bonchev–Trinajstić information content (AvgIpc) is 2.64. The van der Waals surface area contributed by atoms with Gasteiger partial charge in [-0.25, -0.2) is 8.42 Å². The van der Waals surface area contributed by atoms with Crippen molar-refractivity contribution in [3.8, 4) is 5.75 Å². The summed E-state index contributed by atoms with van der Waals surface area (Å²) in [5, 5.41) is 2.89. The first-order chi connectivity index (χ1) is 12.7. The number of hydrogen-bond donors (Lipinski definition) is 1. The van der Waals surface area contributed by atoms with Gasteiger partial charge in [-0.1, -0.05) is 36.8 Å². The number of rotatable bonds is 8. The summed E-state index contributed by atoms with van der Waals surface area (Å²) in [4.78, 5) is 12.4. The topological polar surface area (TPSA) is 75.7 Å². The van der Waals surface area contributed by atoms with Crippen molar-refractivity contribution in [2.24, 2.45) is 0 Å². The van der Waals surface area contributed by atoms with Gasteiger partial charge in [-0.3, -0.25) is 9.10 Å². The van der Waals surface area contributed by atoms with Gasteiger partial charge in [0.2, 0.25) is 10.0 Å². The number of aryl methyl sites for hydroxylation is 1. The maximum atomic E-state index is 12.4. The summed E-state index contributed by atoms with van der Waals surface area (Å²) in [6, 6.07) is 14.6. The third-order valence-electron chi connectivity index (χ3n) is 4.23. The summed E-state index contributed by atoms with van der Waals surface area (Å²) in [6.07, 6.45) is 1.04. The first-order valence-electron chi connectivity index (χ1n) is 8.74. The van der Waals surface area contributed by atoms with Crippen molar-refractivity contribution in [3.63, 3.8) is 0 Å². The molecule has 6 nitrogen and oxygen atoms in total. The second-order valence-corrected chi connectivity index (χ2v) is 8.46. The van der Waals surface area contributed by atoms with Crippen LogP contribution in [0.15, 0.2) is 48.5 Å². The van der Waals surface area contributed by atoms with E-state index in [2.05, 4.69) is 5.32 Å². The Kier molecular flexibility index (Phi) is 6.85. The van der Waals surface area contributed by atoms with E-state index in [1.165, 1.54) is 16.9 Å². The molecule has 0 saturated carbocycles. The lowest BCUT2D eigenvalue weighted by Crippen LogP contribution is -2.37. The highest BCUT2D eigenvalue weighted by Gasteiger charge is 2.18. The third-order valence-corrected chi connectivity index (χ3v) is 5.43. The van der Waals surface area contributed by atoms with Crippen LogP contribution < -0.4 is 14.4 Å². The Balaban J connectivity index is 1.97. The molecule has 0 aliphatic heterocycles. The second kappa shape index (κ2) is 8.90. The molecular formula is C20H26N2O4S. The zero-order valence-electron chi connectivity index (χ0n) is 16.1. The molecule has 0 aromatic heterocycles. The normalized spacial score (nSPS) is 12.3. The molecule has 27 heavy (non-hydrogen) atoms. The molecular weight excluding hydrogens is 364 g/mol. The van der Waals surface area contributed by atoms with Crippen LogP contribution in [0.2, 0.25) is 0 Å². The molecule has 0 saturated heterocycles. The summed E-state index contributed by atoms with van der Waals surface area (Å²) < 4.78 is 30.1. The number of carbonyl (C=O) groups is 1. The highest BCUT2D eigenvalue weighted by atomic mass is 32.2. The number of ether oxygens (including phenoxy) is 1. The first kappa shape index (κ1) is 20.8. The van der Waals surface area contributed by atoms with E-state index in [4.69, 9.17) is 4.74 Å². The number of sulfonamides is 1. The lowest BCUT2D eigenvalue weighted by molar-refractivity contribution is -0.128. The molecule has 1 N–H and O–H groups in total. The van der Waals surface area contributed by atoms with Crippen LogP contribution in [-0.4, -0.2) is 33.7 Å². The van der Waals surface area contributed by atoms with Crippen LogP contribution in [-0.2, 0) is 21.4 Å². The second-order valence-electron chi connectivity index (χ2n) is 6.44. The van der Waals surface area contributed by atoms with Gasteiger partial charge < -0.3 is 10.1 Å². The Morgan fingerprint density at radius 1 is 1.11 bits per heavy atom. The molecule has 0 heterocycles. The lowest BCUT2D eigenvalue weighted by atomic mass is 10.1. The van der Waals surface area contributed by atoms with Crippen molar-refractivity contribution < 1.29 is 17.9 Å². The molecule has 0 aliphatic rings. The molecule has 0 aliphatic carbocycles. The Labute approximate surface area is 161 Å². The van der Waals surface area contributed by atoms with Crippen LogP contribution in [0.5, 0.6) is 5.75 Å². The molecule has 0 spiro atoms. The molecule has 7 heteroatoms. The molecule has 1 atom stereocenters.